The van der Waals surface area contributed by atoms with Crippen molar-refractivity contribution in [3.8, 4) is 5.88 Å². The predicted molar refractivity (Wildman–Crippen MR) is 69.1 cm³/mol. The minimum Gasteiger partial charge on any atom is -0.474 e. The van der Waals surface area contributed by atoms with Crippen molar-refractivity contribution < 1.29 is 9.47 Å². The number of unbranched alkanes of at least 4 members (excludes halogenated alkanes) is 1. The third-order valence-electron chi connectivity index (χ3n) is 2.00. The van der Waals surface area contributed by atoms with Crippen molar-refractivity contribution in [2.24, 2.45) is 5.73 Å². The first kappa shape index (κ1) is 13.8. The molecule has 0 amide bonds. The van der Waals surface area contributed by atoms with Gasteiger partial charge in [-0.15, -0.1) is 0 Å². The van der Waals surface area contributed by atoms with Gasteiger partial charge in [-0.05, 0) is 6.42 Å². The molecular formula is C11H17N3O2S. The van der Waals surface area contributed by atoms with E-state index < -0.39 is 0 Å². The quantitative estimate of drug-likeness (QED) is 0.558. The number of nitrogens with two attached hydrogens (primary N) is 1. The van der Waals surface area contributed by atoms with Crippen LogP contribution in [0.15, 0.2) is 12.4 Å². The van der Waals surface area contributed by atoms with Gasteiger partial charge in [-0.3, -0.25) is 0 Å². The van der Waals surface area contributed by atoms with Crippen molar-refractivity contribution in [2.75, 3.05) is 19.8 Å². The molecule has 0 aliphatic rings. The largest absolute Gasteiger partial charge is 0.474 e. The molecule has 0 aliphatic carbocycles. The van der Waals surface area contributed by atoms with Crippen LogP contribution in [-0.2, 0) is 4.74 Å². The van der Waals surface area contributed by atoms with Crippen LogP contribution < -0.4 is 10.5 Å². The second-order valence-corrected chi connectivity index (χ2v) is 3.86. The molecule has 6 heteroatoms. The summed E-state index contributed by atoms with van der Waals surface area (Å²) in [6.07, 6.45) is 5.20. The maximum Gasteiger partial charge on any atom is 0.232 e. The summed E-state index contributed by atoms with van der Waals surface area (Å²) >= 11 is 4.77. The highest BCUT2D eigenvalue weighted by Crippen LogP contribution is 2.03. The minimum absolute atomic E-state index is 0.229. The van der Waals surface area contributed by atoms with Crippen LogP contribution in [0, 0.1) is 0 Å². The van der Waals surface area contributed by atoms with E-state index in [0.717, 1.165) is 19.4 Å². The maximum atomic E-state index is 5.40. The standard InChI is InChI=1S/C11H17N3O2S/c1-2-3-4-15-5-6-16-10-8-13-9(7-14-10)11(12)17/h7-8H,2-6H2,1H3,(H2,12,17). The molecule has 0 spiro atoms. The molecular weight excluding hydrogens is 238 g/mol. The molecule has 0 atom stereocenters. The number of aromatic nitrogens is 2. The number of ether oxygens (including phenoxy) is 2. The fourth-order valence-corrected chi connectivity index (χ4v) is 1.18. The Morgan fingerprint density at radius 2 is 2.12 bits per heavy atom. The first-order chi connectivity index (χ1) is 8.24. The SMILES string of the molecule is CCCCOCCOc1cnc(C(N)=S)cn1. The number of hydrogen-bond donors (Lipinski definition) is 1. The number of rotatable bonds is 8. The second-order valence-electron chi connectivity index (χ2n) is 3.42. The molecule has 0 saturated heterocycles. The molecule has 1 aromatic rings. The second kappa shape index (κ2) is 7.92. The number of hydrogen-bond acceptors (Lipinski definition) is 5. The number of nitrogens with zero attached hydrogens (tertiary/aromatic N) is 2. The van der Waals surface area contributed by atoms with Gasteiger partial charge in [0, 0.05) is 6.61 Å². The maximum absolute atomic E-state index is 5.40. The van der Waals surface area contributed by atoms with E-state index in [-0.39, 0.29) is 4.99 Å². The number of thiocarbonyl (C=S) groups is 1. The molecule has 5 nitrogen and oxygen atoms in total. The third kappa shape index (κ3) is 5.55. The average Bonchev–Trinajstić information content (AvgIpc) is 2.34. The summed E-state index contributed by atoms with van der Waals surface area (Å²) in [5, 5.41) is 0. The first-order valence-electron chi connectivity index (χ1n) is 5.56. The van der Waals surface area contributed by atoms with Gasteiger partial charge in [-0.2, -0.15) is 0 Å². The average molecular weight is 255 g/mol. The molecule has 17 heavy (non-hydrogen) atoms. The Kier molecular flexibility index (Phi) is 6.42. The summed E-state index contributed by atoms with van der Waals surface area (Å²) in [5.41, 5.74) is 5.89. The first-order valence-corrected chi connectivity index (χ1v) is 5.97. The van der Waals surface area contributed by atoms with E-state index in [4.69, 9.17) is 27.4 Å². The fourth-order valence-electron chi connectivity index (χ4n) is 1.07. The summed E-state index contributed by atoms with van der Waals surface area (Å²) in [6.45, 7) is 3.91. The Labute approximate surface area is 106 Å². The van der Waals surface area contributed by atoms with Gasteiger partial charge >= 0.3 is 0 Å². The van der Waals surface area contributed by atoms with Crippen LogP contribution in [-0.4, -0.2) is 34.8 Å². The lowest BCUT2D eigenvalue weighted by atomic mass is 10.4. The van der Waals surface area contributed by atoms with Crippen LogP contribution >= 0.6 is 12.2 Å². The van der Waals surface area contributed by atoms with Crippen molar-refractivity contribution in [3.05, 3.63) is 18.1 Å². The van der Waals surface area contributed by atoms with Gasteiger partial charge in [-0.1, -0.05) is 25.6 Å². The lowest BCUT2D eigenvalue weighted by Gasteiger charge is -2.06. The van der Waals surface area contributed by atoms with E-state index in [1.807, 2.05) is 0 Å². The fraction of sp³-hybridized carbons (Fsp3) is 0.545. The lowest BCUT2D eigenvalue weighted by Crippen LogP contribution is -2.13. The summed E-state index contributed by atoms with van der Waals surface area (Å²) in [6, 6.07) is 0. The Balaban J connectivity index is 2.21. The molecule has 0 aliphatic heterocycles. The van der Waals surface area contributed by atoms with Crippen LogP contribution in [0.5, 0.6) is 5.88 Å². The summed E-state index contributed by atoms with van der Waals surface area (Å²) in [4.78, 5) is 8.27. The molecule has 0 radical (unpaired) electrons. The van der Waals surface area contributed by atoms with Gasteiger partial charge in [0.1, 0.15) is 17.3 Å². The normalized spacial score (nSPS) is 10.2. The van der Waals surface area contributed by atoms with E-state index in [9.17, 15) is 0 Å². The van der Waals surface area contributed by atoms with Crippen LogP contribution in [0.2, 0.25) is 0 Å². The van der Waals surface area contributed by atoms with Crippen LogP contribution in [0.3, 0.4) is 0 Å². The van der Waals surface area contributed by atoms with Crippen LogP contribution in [0.25, 0.3) is 0 Å². The molecule has 94 valence electrons. The molecule has 0 bridgehead atoms. The van der Waals surface area contributed by atoms with Gasteiger partial charge in [0.15, 0.2) is 0 Å². The van der Waals surface area contributed by atoms with Gasteiger partial charge in [0.25, 0.3) is 0 Å². The zero-order valence-electron chi connectivity index (χ0n) is 9.89. The summed E-state index contributed by atoms with van der Waals surface area (Å²) in [5.74, 6) is 0.448. The molecule has 1 heterocycles. The Morgan fingerprint density at radius 1 is 1.29 bits per heavy atom. The molecule has 1 rings (SSSR count). The zero-order chi connectivity index (χ0) is 12.5. The van der Waals surface area contributed by atoms with Gasteiger partial charge in [0.2, 0.25) is 5.88 Å². The molecule has 1 aromatic heterocycles. The molecule has 0 unspecified atom stereocenters. The van der Waals surface area contributed by atoms with Crippen molar-refractivity contribution in [2.45, 2.75) is 19.8 Å². The lowest BCUT2D eigenvalue weighted by molar-refractivity contribution is 0.0964. The molecule has 2 N–H and O–H groups in total. The van der Waals surface area contributed by atoms with Crippen LogP contribution in [0.4, 0.5) is 0 Å². The minimum atomic E-state index is 0.229. The smallest absolute Gasteiger partial charge is 0.232 e. The highest BCUT2D eigenvalue weighted by atomic mass is 32.1. The third-order valence-corrected chi connectivity index (χ3v) is 2.21. The van der Waals surface area contributed by atoms with Gasteiger partial charge in [0.05, 0.1) is 19.0 Å². The highest BCUT2D eigenvalue weighted by molar-refractivity contribution is 7.80. The van der Waals surface area contributed by atoms with E-state index in [0.29, 0.717) is 24.8 Å². The Bertz CT molecular complexity index is 343. The predicted octanol–water partition coefficient (Wildman–Crippen LogP) is 1.31. The topological polar surface area (TPSA) is 70.3 Å². The summed E-state index contributed by atoms with van der Waals surface area (Å²) in [7, 11) is 0. The van der Waals surface area contributed by atoms with E-state index in [2.05, 4.69) is 16.9 Å². The Hall–Kier alpha value is -1.27. The monoisotopic (exact) mass is 255 g/mol. The van der Waals surface area contributed by atoms with Crippen molar-refractivity contribution >= 4 is 17.2 Å². The van der Waals surface area contributed by atoms with Gasteiger partial charge in [-0.25, -0.2) is 9.97 Å². The van der Waals surface area contributed by atoms with E-state index in [1.54, 1.807) is 0 Å². The van der Waals surface area contributed by atoms with E-state index in [1.165, 1.54) is 12.4 Å². The van der Waals surface area contributed by atoms with E-state index >= 15 is 0 Å². The Morgan fingerprint density at radius 3 is 2.71 bits per heavy atom. The molecule has 0 saturated carbocycles. The zero-order valence-corrected chi connectivity index (χ0v) is 10.7. The molecule has 0 fully saturated rings. The van der Waals surface area contributed by atoms with Crippen LogP contribution in [0.1, 0.15) is 25.5 Å². The van der Waals surface area contributed by atoms with Crippen molar-refractivity contribution in [1.29, 1.82) is 0 Å². The van der Waals surface area contributed by atoms with Crippen molar-refractivity contribution in [3.63, 3.8) is 0 Å². The highest BCUT2D eigenvalue weighted by Gasteiger charge is 2.00. The van der Waals surface area contributed by atoms with Crippen molar-refractivity contribution in [1.82, 2.24) is 9.97 Å². The summed E-state index contributed by atoms with van der Waals surface area (Å²) < 4.78 is 10.7. The van der Waals surface area contributed by atoms with Gasteiger partial charge < -0.3 is 15.2 Å². The molecule has 0 aromatic carbocycles.